The van der Waals surface area contributed by atoms with E-state index in [9.17, 15) is 4.39 Å². The van der Waals surface area contributed by atoms with E-state index in [4.69, 9.17) is 17.3 Å². The second-order valence-corrected chi connectivity index (χ2v) is 2.79. The summed E-state index contributed by atoms with van der Waals surface area (Å²) in [7, 11) is 0. The first-order chi connectivity index (χ1) is 4.20. The molecule has 0 aromatic heterocycles. The fraction of sp³-hybridized carbons (Fsp3) is 0.667. The van der Waals surface area contributed by atoms with Crippen molar-refractivity contribution in [3.8, 4) is 0 Å². The standard InChI is InChI=1S/C6H9ClFN/c7-5-2-1-4(9)3-6(5)8/h3-5H,1-2,9H2/t4?,5-/m0/s1. The summed E-state index contributed by atoms with van der Waals surface area (Å²) in [6.07, 6.45) is 2.84. The van der Waals surface area contributed by atoms with Crippen molar-refractivity contribution in [1.29, 1.82) is 0 Å². The van der Waals surface area contributed by atoms with Gasteiger partial charge in [-0.05, 0) is 18.9 Å². The van der Waals surface area contributed by atoms with Crippen LogP contribution in [0.5, 0.6) is 0 Å². The monoisotopic (exact) mass is 149 g/mol. The first-order valence-corrected chi connectivity index (χ1v) is 3.40. The summed E-state index contributed by atoms with van der Waals surface area (Å²) in [4.78, 5) is 0. The summed E-state index contributed by atoms with van der Waals surface area (Å²) in [5, 5.41) is -0.426. The SMILES string of the molecule is NC1C=C(F)[C@@H](Cl)CC1. The third-order valence-corrected chi connectivity index (χ3v) is 1.85. The van der Waals surface area contributed by atoms with Crippen LogP contribution in [0.2, 0.25) is 0 Å². The predicted octanol–water partition coefficient (Wildman–Crippen LogP) is 1.57. The Kier molecular flexibility index (Phi) is 2.09. The van der Waals surface area contributed by atoms with Gasteiger partial charge in [0.1, 0.15) is 5.83 Å². The molecule has 1 rings (SSSR count). The molecule has 1 nitrogen and oxygen atoms in total. The molecule has 0 aromatic rings. The molecule has 0 heterocycles. The van der Waals surface area contributed by atoms with Crippen LogP contribution in [0.4, 0.5) is 4.39 Å². The largest absolute Gasteiger partial charge is 0.324 e. The molecule has 52 valence electrons. The summed E-state index contributed by atoms with van der Waals surface area (Å²) < 4.78 is 12.5. The Bertz CT molecular complexity index is 135. The Hall–Kier alpha value is -0.0800. The Balaban J connectivity index is 2.61. The van der Waals surface area contributed by atoms with E-state index < -0.39 is 5.38 Å². The van der Waals surface area contributed by atoms with Crippen molar-refractivity contribution in [2.75, 3.05) is 0 Å². The van der Waals surface area contributed by atoms with Crippen molar-refractivity contribution in [2.24, 2.45) is 5.73 Å². The van der Waals surface area contributed by atoms with Gasteiger partial charge >= 0.3 is 0 Å². The smallest absolute Gasteiger partial charge is 0.115 e. The minimum atomic E-state index is -0.426. The number of hydrogen-bond acceptors (Lipinski definition) is 1. The van der Waals surface area contributed by atoms with Crippen molar-refractivity contribution in [1.82, 2.24) is 0 Å². The Morgan fingerprint density at radius 2 is 2.33 bits per heavy atom. The van der Waals surface area contributed by atoms with Crippen LogP contribution in [0.15, 0.2) is 11.9 Å². The molecule has 0 bridgehead atoms. The molecule has 0 aliphatic heterocycles. The highest BCUT2D eigenvalue weighted by Crippen LogP contribution is 2.23. The van der Waals surface area contributed by atoms with Gasteiger partial charge in [-0.15, -0.1) is 11.6 Å². The number of alkyl halides is 1. The first kappa shape index (κ1) is 7.03. The van der Waals surface area contributed by atoms with E-state index in [2.05, 4.69) is 0 Å². The average Bonchev–Trinajstić information content (AvgIpc) is 1.80. The van der Waals surface area contributed by atoms with Crippen LogP contribution in [0.3, 0.4) is 0 Å². The minimum Gasteiger partial charge on any atom is -0.324 e. The fourth-order valence-electron chi connectivity index (χ4n) is 0.869. The molecule has 9 heavy (non-hydrogen) atoms. The van der Waals surface area contributed by atoms with E-state index >= 15 is 0 Å². The highest BCUT2D eigenvalue weighted by atomic mass is 35.5. The number of rotatable bonds is 0. The lowest BCUT2D eigenvalue weighted by Crippen LogP contribution is -2.23. The molecule has 0 fully saturated rings. The van der Waals surface area contributed by atoms with E-state index in [-0.39, 0.29) is 11.9 Å². The van der Waals surface area contributed by atoms with Gasteiger partial charge < -0.3 is 5.73 Å². The molecule has 2 atom stereocenters. The Morgan fingerprint density at radius 1 is 1.67 bits per heavy atom. The summed E-state index contributed by atoms with van der Waals surface area (Å²) in [5.74, 6) is -0.268. The fourth-order valence-corrected chi connectivity index (χ4v) is 1.07. The zero-order chi connectivity index (χ0) is 6.85. The van der Waals surface area contributed by atoms with Crippen molar-refractivity contribution in [3.63, 3.8) is 0 Å². The third-order valence-electron chi connectivity index (χ3n) is 1.43. The second-order valence-electron chi connectivity index (χ2n) is 2.26. The summed E-state index contributed by atoms with van der Waals surface area (Å²) in [6.45, 7) is 0. The summed E-state index contributed by atoms with van der Waals surface area (Å²) >= 11 is 5.53. The van der Waals surface area contributed by atoms with Crippen molar-refractivity contribution < 1.29 is 4.39 Å². The molecule has 1 aliphatic rings. The molecule has 0 radical (unpaired) electrons. The normalized spacial score (nSPS) is 36.1. The molecule has 0 aromatic carbocycles. The Morgan fingerprint density at radius 3 is 2.78 bits per heavy atom. The maximum Gasteiger partial charge on any atom is 0.115 e. The van der Waals surface area contributed by atoms with Crippen LogP contribution >= 0.6 is 11.6 Å². The van der Waals surface area contributed by atoms with Crippen LogP contribution in [0, 0.1) is 0 Å². The summed E-state index contributed by atoms with van der Waals surface area (Å²) in [6, 6.07) is -0.125. The molecule has 0 saturated heterocycles. The predicted molar refractivity (Wildman–Crippen MR) is 36.0 cm³/mol. The zero-order valence-corrected chi connectivity index (χ0v) is 5.74. The molecule has 1 unspecified atom stereocenters. The average molecular weight is 150 g/mol. The quantitative estimate of drug-likeness (QED) is 0.520. The van der Waals surface area contributed by atoms with Crippen LogP contribution in [-0.2, 0) is 0 Å². The van der Waals surface area contributed by atoms with E-state index in [1.165, 1.54) is 6.08 Å². The van der Waals surface area contributed by atoms with E-state index in [1.54, 1.807) is 0 Å². The van der Waals surface area contributed by atoms with E-state index in [1.807, 2.05) is 0 Å². The van der Waals surface area contributed by atoms with Crippen molar-refractivity contribution in [2.45, 2.75) is 24.3 Å². The highest BCUT2D eigenvalue weighted by molar-refractivity contribution is 6.22. The molecule has 2 N–H and O–H groups in total. The topological polar surface area (TPSA) is 26.0 Å². The van der Waals surface area contributed by atoms with Crippen LogP contribution in [-0.4, -0.2) is 11.4 Å². The molecule has 0 amide bonds. The van der Waals surface area contributed by atoms with Gasteiger partial charge in [0.25, 0.3) is 0 Å². The zero-order valence-electron chi connectivity index (χ0n) is 4.98. The van der Waals surface area contributed by atoms with Gasteiger partial charge in [-0.1, -0.05) is 0 Å². The minimum absolute atomic E-state index is 0.125. The lowest BCUT2D eigenvalue weighted by atomic mass is 10.0. The van der Waals surface area contributed by atoms with Crippen LogP contribution in [0.1, 0.15) is 12.8 Å². The number of hydrogen-bond donors (Lipinski definition) is 1. The van der Waals surface area contributed by atoms with Gasteiger partial charge in [0.05, 0.1) is 5.38 Å². The van der Waals surface area contributed by atoms with Crippen molar-refractivity contribution >= 4 is 11.6 Å². The van der Waals surface area contributed by atoms with Crippen LogP contribution < -0.4 is 5.73 Å². The molecular formula is C6H9ClFN. The lowest BCUT2D eigenvalue weighted by molar-refractivity contribution is 0.513. The lowest BCUT2D eigenvalue weighted by Gasteiger charge is -2.16. The molecule has 0 spiro atoms. The van der Waals surface area contributed by atoms with Gasteiger partial charge in [-0.2, -0.15) is 0 Å². The van der Waals surface area contributed by atoms with Crippen LogP contribution in [0.25, 0.3) is 0 Å². The number of allylic oxidation sites excluding steroid dienone is 1. The van der Waals surface area contributed by atoms with Gasteiger partial charge in [0.2, 0.25) is 0 Å². The highest BCUT2D eigenvalue weighted by Gasteiger charge is 2.18. The van der Waals surface area contributed by atoms with Gasteiger partial charge in [-0.3, -0.25) is 0 Å². The van der Waals surface area contributed by atoms with Gasteiger partial charge in [-0.25, -0.2) is 4.39 Å². The first-order valence-electron chi connectivity index (χ1n) is 2.97. The Labute approximate surface area is 58.7 Å². The molecule has 0 saturated carbocycles. The van der Waals surface area contributed by atoms with Gasteiger partial charge in [0.15, 0.2) is 0 Å². The maximum atomic E-state index is 12.5. The molecule has 1 aliphatic carbocycles. The third kappa shape index (κ3) is 1.66. The number of nitrogens with two attached hydrogens (primary N) is 1. The van der Waals surface area contributed by atoms with E-state index in [0.717, 1.165) is 6.42 Å². The molecule has 3 heteroatoms. The van der Waals surface area contributed by atoms with Crippen molar-refractivity contribution in [3.05, 3.63) is 11.9 Å². The van der Waals surface area contributed by atoms with Gasteiger partial charge in [0, 0.05) is 6.04 Å². The number of halogens is 2. The maximum absolute atomic E-state index is 12.5. The summed E-state index contributed by atoms with van der Waals surface area (Å²) in [5.41, 5.74) is 5.41. The molecular weight excluding hydrogens is 141 g/mol. The van der Waals surface area contributed by atoms with E-state index in [0.29, 0.717) is 6.42 Å². The second kappa shape index (κ2) is 2.67.